The van der Waals surface area contributed by atoms with Gasteiger partial charge in [0.2, 0.25) is 11.8 Å². The van der Waals surface area contributed by atoms with Crippen molar-refractivity contribution in [2.24, 2.45) is 0 Å². The average molecular weight is 217 g/mol. The van der Waals surface area contributed by atoms with Crippen molar-refractivity contribution < 1.29 is 19.5 Å². The molecule has 0 aromatic rings. The van der Waals surface area contributed by atoms with Crippen LogP contribution in [0.3, 0.4) is 0 Å². The van der Waals surface area contributed by atoms with Crippen LogP contribution in [0.1, 0.15) is 12.8 Å². The molecule has 0 aliphatic carbocycles. The topological polar surface area (TPSA) is 74.7 Å². The van der Waals surface area contributed by atoms with Gasteiger partial charge in [-0.1, -0.05) is 0 Å². The molecule has 14 heavy (non-hydrogen) atoms. The van der Waals surface area contributed by atoms with E-state index < -0.39 is 5.97 Å². The van der Waals surface area contributed by atoms with Crippen molar-refractivity contribution in [3.8, 4) is 0 Å². The van der Waals surface area contributed by atoms with Gasteiger partial charge in [-0.2, -0.15) is 0 Å². The van der Waals surface area contributed by atoms with Crippen molar-refractivity contribution in [1.82, 2.24) is 4.90 Å². The molecule has 0 bridgehead atoms. The van der Waals surface area contributed by atoms with Crippen molar-refractivity contribution in [2.45, 2.75) is 18.1 Å². The minimum Gasteiger partial charge on any atom is -0.481 e. The highest BCUT2D eigenvalue weighted by Crippen LogP contribution is 2.24. The summed E-state index contributed by atoms with van der Waals surface area (Å²) in [4.78, 5) is 33.7. The van der Waals surface area contributed by atoms with Crippen LogP contribution in [-0.4, -0.2) is 45.8 Å². The van der Waals surface area contributed by atoms with Gasteiger partial charge in [-0.25, -0.2) is 0 Å². The summed E-state index contributed by atoms with van der Waals surface area (Å²) >= 11 is 1.24. The Morgan fingerprint density at radius 1 is 1.64 bits per heavy atom. The third-order valence-electron chi connectivity index (χ3n) is 1.98. The van der Waals surface area contributed by atoms with Crippen LogP contribution >= 0.6 is 11.8 Å². The molecular formula is C8H11NO4S. The van der Waals surface area contributed by atoms with Gasteiger partial charge in [-0.3, -0.25) is 19.3 Å². The van der Waals surface area contributed by atoms with Crippen LogP contribution in [0.15, 0.2) is 0 Å². The number of likely N-dealkylation sites (tertiary alicyclic amines) is 1. The van der Waals surface area contributed by atoms with Crippen LogP contribution < -0.4 is 0 Å². The maximum atomic E-state index is 11.3. The fourth-order valence-corrected chi connectivity index (χ4v) is 2.28. The maximum absolute atomic E-state index is 11.3. The van der Waals surface area contributed by atoms with Crippen molar-refractivity contribution in [3.05, 3.63) is 0 Å². The monoisotopic (exact) mass is 217 g/mol. The van der Waals surface area contributed by atoms with Crippen molar-refractivity contribution in [2.75, 3.05) is 12.8 Å². The Morgan fingerprint density at radius 2 is 2.29 bits per heavy atom. The van der Waals surface area contributed by atoms with E-state index in [1.807, 2.05) is 0 Å². The summed E-state index contributed by atoms with van der Waals surface area (Å²) in [5.41, 5.74) is 0. The molecule has 1 aliphatic heterocycles. The van der Waals surface area contributed by atoms with Crippen LogP contribution in [0.2, 0.25) is 0 Å². The van der Waals surface area contributed by atoms with Gasteiger partial charge in [0.15, 0.2) is 0 Å². The summed E-state index contributed by atoms with van der Waals surface area (Å²) in [6, 6.07) is 0. The quantitative estimate of drug-likeness (QED) is 0.668. The first-order valence-electron chi connectivity index (χ1n) is 4.16. The van der Waals surface area contributed by atoms with Crippen LogP contribution in [0.5, 0.6) is 0 Å². The second-order valence-electron chi connectivity index (χ2n) is 3.00. The number of carbonyl (C=O) groups is 3. The summed E-state index contributed by atoms with van der Waals surface area (Å²) < 4.78 is 0. The summed E-state index contributed by atoms with van der Waals surface area (Å²) in [7, 11) is 1.45. The van der Waals surface area contributed by atoms with Crippen LogP contribution in [0.25, 0.3) is 0 Å². The Labute approximate surface area is 85.4 Å². The molecule has 0 aromatic carbocycles. The molecule has 1 N–H and O–H groups in total. The SMILES string of the molecule is CN1C(=O)CC(SCCC(=O)O)C1=O. The number of hydrogen-bond donors (Lipinski definition) is 1. The van der Waals surface area contributed by atoms with Gasteiger partial charge in [0, 0.05) is 19.2 Å². The molecule has 0 saturated carbocycles. The molecule has 5 nitrogen and oxygen atoms in total. The van der Waals surface area contributed by atoms with Gasteiger partial charge in [0.05, 0.1) is 11.7 Å². The zero-order chi connectivity index (χ0) is 10.7. The molecular weight excluding hydrogens is 206 g/mol. The lowest BCUT2D eigenvalue weighted by atomic mass is 10.4. The zero-order valence-corrected chi connectivity index (χ0v) is 8.54. The summed E-state index contributed by atoms with van der Waals surface area (Å²) in [5.74, 6) is -0.928. The normalized spacial score (nSPS) is 21.8. The van der Waals surface area contributed by atoms with Crippen molar-refractivity contribution in [3.63, 3.8) is 0 Å². The molecule has 2 amide bonds. The van der Waals surface area contributed by atoms with Gasteiger partial charge in [-0.05, 0) is 0 Å². The highest BCUT2D eigenvalue weighted by atomic mass is 32.2. The molecule has 6 heteroatoms. The number of nitrogens with zero attached hydrogens (tertiary/aromatic N) is 1. The van der Waals surface area contributed by atoms with Crippen molar-refractivity contribution in [1.29, 1.82) is 0 Å². The van der Waals surface area contributed by atoms with E-state index in [4.69, 9.17) is 5.11 Å². The first kappa shape index (κ1) is 11.0. The Bertz CT molecular complexity index is 279. The van der Waals surface area contributed by atoms with Gasteiger partial charge in [0.25, 0.3) is 0 Å². The van der Waals surface area contributed by atoms with Gasteiger partial charge < -0.3 is 5.11 Å². The molecule has 1 rings (SSSR count). The molecule has 1 saturated heterocycles. The van der Waals surface area contributed by atoms with Crippen molar-refractivity contribution >= 4 is 29.5 Å². The summed E-state index contributed by atoms with van der Waals surface area (Å²) in [6.45, 7) is 0. The third-order valence-corrected chi connectivity index (χ3v) is 3.19. The maximum Gasteiger partial charge on any atom is 0.304 e. The lowest BCUT2D eigenvalue weighted by Crippen LogP contribution is -2.26. The molecule has 1 fully saturated rings. The van der Waals surface area contributed by atoms with E-state index >= 15 is 0 Å². The molecule has 1 heterocycles. The molecule has 0 aromatic heterocycles. The lowest BCUT2D eigenvalue weighted by Gasteiger charge is -2.07. The molecule has 0 radical (unpaired) electrons. The highest BCUT2D eigenvalue weighted by molar-refractivity contribution is 8.00. The first-order chi connectivity index (χ1) is 6.52. The number of rotatable bonds is 4. The molecule has 1 atom stereocenters. The Hall–Kier alpha value is -1.04. The standard InChI is InChI=1S/C8H11NO4S/c1-9-6(10)4-5(8(9)13)14-3-2-7(11)12/h5H,2-4H2,1H3,(H,11,12). The van der Waals surface area contributed by atoms with E-state index in [2.05, 4.69) is 0 Å². The number of carboxylic acids is 1. The van der Waals surface area contributed by atoms with Gasteiger partial charge in [-0.15, -0.1) is 11.8 Å². The Balaban J connectivity index is 2.36. The molecule has 0 spiro atoms. The van der Waals surface area contributed by atoms with Crippen LogP contribution in [0, 0.1) is 0 Å². The Kier molecular flexibility index (Phi) is 3.51. The van der Waals surface area contributed by atoms with E-state index in [0.29, 0.717) is 5.75 Å². The molecule has 78 valence electrons. The minimum atomic E-state index is -0.886. The number of aliphatic carboxylic acids is 1. The number of carbonyl (C=O) groups excluding carboxylic acids is 2. The van der Waals surface area contributed by atoms with E-state index in [0.717, 1.165) is 4.90 Å². The van der Waals surface area contributed by atoms with E-state index in [-0.39, 0.29) is 29.9 Å². The predicted molar refractivity (Wildman–Crippen MR) is 50.9 cm³/mol. The second kappa shape index (κ2) is 4.45. The number of amides is 2. The highest BCUT2D eigenvalue weighted by Gasteiger charge is 2.35. The fraction of sp³-hybridized carbons (Fsp3) is 0.625. The van der Waals surface area contributed by atoms with Crippen LogP contribution in [0.4, 0.5) is 0 Å². The van der Waals surface area contributed by atoms with E-state index in [1.54, 1.807) is 0 Å². The van der Waals surface area contributed by atoms with Gasteiger partial charge >= 0.3 is 5.97 Å². The molecule has 1 aliphatic rings. The molecule has 1 unspecified atom stereocenters. The lowest BCUT2D eigenvalue weighted by molar-refractivity contribution is -0.137. The number of imide groups is 1. The zero-order valence-electron chi connectivity index (χ0n) is 7.73. The largest absolute Gasteiger partial charge is 0.481 e. The Morgan fingerprint density at radius 3 is 2.71 bits per heavy atom. The third kappa shape index (κ3) is 2.47. The number of carboxylic acid groups (broad SMARTS) is 1. The minimum absolute atomic E-state index is 0.0202. The first-order valence-corrected chi connectivity index (χ1v) is 5.21. The number of hydrogen-bond acceptors (Lipinski definition) is 4. The van der Waals surface area contributed by atoms with Crippen LogP contribution in [-0.2, 0) is 14.4 Å². The second-order valence-corrected chi connectivity index (χ2v) is 4.31. The van der Waals surface area contributed by atoms with Gasteiger partial charge in [0.1, 0.15) is 0 Å². The summed E-state index contributed by atoms with van der Waals surface area (Å²) in [5, 5.41) is 8.00. The number of thioether (sulfide) groups is 1. The van der Waals surface area contributed by atoms with E-state index in [1.165, 1.54) is 18.8 Å². The van der Waals surface area contributed by atoms with E-state index in [9.17, 15) is 14.4 Å². The summed E-state index contributed by atoms with van der Waals surface area (Å²) in [6.07, 6.45) is 0.214. The predicted octanol–water partition coefficient (Wildman–Crippen LogP) is -0.0484. The smallest absolute Gasteiger partial charge is 0.304 e. The fourth-order valence-electron chi connectivity index (χ4n) is 1.14. The average Bonchev–Trinajstić information content (AvgIpc) is 2.33.